The van der Waals surface area contributed by atoms with Gasteiger partial charge >= 0.3 is 0 Å². The van der Waals surface area contributed by atoms with Crippen LogP contribution < -0.4 is 0 Å². The average Bonchev–Trinajstić information content (AvgIpc) is 2.67. The van der Waals surface area contributed by atoms with Gasteiger partial charge in [0, 0.05) is 25.4 Å². The highest BCUT2D eigenvalue weighted by Gasteiger charge is 2.38. The van der Waals surface area contributed by atoms with E-state index in [0.717, 1.165) is 31.2 Å². The largest absolute Gasteiger partial charge is 0.390 e. The first-order valence-electron chi connectivity index (χ1n) is 7.48. The van der Waals surface area contributed by atoms with Crippen LogP contribution in [0.5, 0.6) is 0 Å². The van der Waals surface area contributed by atoms with E-state index in [2.05, 4.69) is 4.98 Å². The zero-order valence-electron chi connectivity index (χ0n) is 11.8. The summed E-state index contributed by atoms with van der Waals surface area (Å²) in [6.45, 7) is 2.69. The predicted octanol–water partition coefficient (Wildman–Crippen LogP) is 3.11. The fourth-order valence-corrected chi connectivity index (χ4v) is 3.12. The van der Waals surface area contributed by atoms with Crippen LogP contribution in [0.4, 0.5) is 0 Å². The van der Waals surface area contributed by atoms with Gasteiger partial charge in [-0.3, -0.25) is 4.98 Å². The third-order valence-corrected chi connectivity index (χ3v) is 4.14. The Morgan fingerprint density at radius 1 is 1.32 bits per heavy atom. The lowest BCUT2D eigenvalue weighted by molar-refractivity contribution is -0.128. The van der Waals surface area contributed by atoms with Crippen molar-refractivity contribution in [2.45, 2.75) is 63.6 Å². The molecule has 19 heavy (non-hydrogen) atoms. The molecule has 1 saturated carbocycles. The Hall–Kier alpha value is -0.930. The molecule has 0 bridgehead atoms. The summed E-state index contributed by atoms with van der Waals surface area (Å²) in [6, 6.07) is 3.94. The molecule has 106 valence electrons. The second-order valence-corrected chi connectivity index (χ2v) is 5.49. The summed E-state index contributed by atoms with van der Waals surface area (Å²) >= 11 is 0. The molecule has 1 atom stereocenters. The highest BCUT2D eigenvalue weighted by atomic mass is 16.5. The van der Waals surface area contributed by atoms with Crippen LogP contribution in [0, 0.1) is 0 Å². The molecule has 0 saturated heterocycles. The predicted molar refractivity (Wildman–Crippen MR) is 76.0 cm³/mol. The molecular formula is C16H25NO2. The Labute approximate surface area is 116 Å². The molecule has 0 aromatic carbocycles. The van der Waals surface area contributed by atoms with Crippen LogP contribution in [0.2, 0.25) is 0 Å². The summed E-state index contributed by atoms with van der Waals surface area (Å²) in [5, 5.41) is 10.7. The zero-order valence-corrected chi connectivity index (χ0v) is 11.8. The van der Waals surface area contributed by atoms with Crippen LogP contribution in [0.25, 0.3) is 0 Å². The molecular weight excluding hydrogens is 238 g/mol. The molecule has 1 heterocycles. The molecule has 0 aliphatic heterocycles. The van der Waals surface area contributed by atoms with Crippen molar-refractivity contribution in [1.82, 2.24) is 4.98 Å². The Morgan fingerprint density at radius 2 is 2.05 bits per heavy atom. The van der Waals surface area contributed by atoms with Crippen LogP contribution in [0.15, 0.2) is 24.5 Å². The zero-order chi connectivity index (χ0) is 13.6. The van der Waals surface area contributed by atoms with Gasteiger partial charge < -0.3 is 9.84 Å². The molecule has 1 aliphatic rings. The van der Waals surface area contributed by atoms with Crippen LogP contribution in [-0.2, 0) is 11.2 Å². The van der Waals surface area contributed by atoms with E-state index in [1.807, 2.05) is 25.3 Å². The summed E-state index contributed by atoms with van der Waals surface area (Å²) in [5.74, 6) is 0. The first-order chi connectivity index (χ1) is 9.27. The van der Waals surface area contributed by atoms with E-state index in [9.17, 15) is 5.11 Å². The van der Waals surface area contributed by atoms with Crippen LogP contribution >= 0.6 is 0 Å². The number of hydrogen-bond donors (Lipinski definition) is 1. The number of aliphatic hydroxyl groups excluding tert-OH is 1. The Kier molecular flexibility index (Phi) is 5.34. The molecule has 2 rings (SSSR count). The van der Waals surface area contributed by atoms with Gasteiger partial charge in [0.1, 0.15) is 0 Å². The normalized spacial score (nSPS) is 20.7. The minimum absolute atomic E-state index is 0.346. The molecule has 1 unspecified atom stereocenters. The molecule has 0 amide bonds. The van der Waals surface area contributed by atoms with Gasteiger partial charge in [0.15, 0.2) is 0 Å². The van der Waals surface area contributed by atoms with Crippen LogP contribution in [-0.4, -0.2) is 28.4 Å². The Balaban J connectivity index is 2.08. The summed E-state index contributed by atoms with van der Waals surface area (Å²) in [7, 11) is 0. The number of pyridine rings is 1. The first kappa shape index (κ1) is 14.5. The molecule has 3 nitrogen and oxygen atoms in total. The minimum Gasteiger partial charge on any atom is -0.390 e. The average molecular weight is 263 g/mol. The highest BCUT2D eigenvalue weighted by molar-refractivity contribution is 5.11. The number of aliphatic hydroxyl groups is 1. The number of rotatable bonds is 5. The third-order valence-electron chi connectivity index (χ3n) is 4.14. The van der Waals surface area contributed by atoms with Gasteiger partial charge in [-0.15, -0.1) is 0 Å². The quantitative estimate of drug-likeness (QED) is 0.830. The Bertz CT molecular complexity index is 358. The number of hydrogen-bond acceptors (Lipinski definition) is 3. The van der Waals surface area contributed by atoms with Gasteiger partial charge in [0.05, 0.1) is 11.7 Å². The summed E-state index contributed by atoms with van der Waals surface area (Å²) in [6.07, 6.45) is 10.6. The maximum absolute atomic E-state index is 10.7. The standard InChI is InChI=1S/C16H25NO2/c1-2-19-16(9-5-3-4-6-10-16)15(18)12-14-8-7-11-17-13-14/h7-8,11,13,15,18H,2-6,9-10,12H2,1H3. The first-order valence-corrected chi connectivity index (χ1v) is 7.48. The SMILES string of the molecule is CCOC1(C(O)Cc2cccnc2)CCCCCC1. The molecule has 1 aromatic heterocycles. The smallest absolute Gasteiger partial charge is 0.0943 e. The van der Waals surface area contributed by atoms with Gasteiger partial charge in [-0.1, -0.05) is 31.7 Å². The van der Waals surface area contributed by atoms with Gasteiger partial charge in [-0.05, 0) is 31.4 Å². The highest BCUT2D eigenvalue weighted by Crippen LogP contribution is 2.34. The Morgan fingerprint density at radius 3 is 2.63 bits per heavy atom. The van der Waals surface area contributed by atoms with Gasteiger partial charge in [-0.25, -0.2) is 0 Å². The number of ether oxygens (including phenoxy) is 1. The van der Waals surface area contributed by atoms with Crippen LogP contribution in [0.1, 0.15) is 51.0 Å². The van der Waals surface area contributed by atoms with E-state index in [-0.39, 0.29) is 5.60 Å². The molecule has 1 N–H and O–H groups in total. The summed E-state index contributed by atoms with van der Waals surface area (Å²) in [5.41, 5.74) is 0.736. The number of aromatic nitrogens is 1. The van der Waals surface area contributed by atoms with Crippen LogP contribution in [0.3, 0.4) is 0 Å². The monoisotopic (exact) mass is 263 g/mol. The van der Waals surface area contributed by atoms with Crippen molar-refractivity contribution in [2.24, 2.45) is 0 Å². The van der Waals surface area contributed by atoms with Crippen molar-refractivity contribution < 1.29 is 9.84 Å². The van der Waals surface area contributed by atoms with E-state index in [1.165, 1.54) is 12.8 Å². The second-order valence-electron chi connectivity index (χ2n) is 5.49. The second kappa shape index (κ2) is 7.01. The maximum Gasteiger partial charge on any atom is 0.0943 e. The lowest BCUT2D eigenvalue weighted by Crippen LogP contribution is -2.46. The molecule has 1 aliphatic carbocycles. The van der Waals surface area contributed by atoms with E-state index >= 15 is 0 Å². The fraction of sp³-hybridized carbons (Fsp3) is 0.688. The third kappa shape index (κ3) is 3.77. The van der Waals surface area contributed by atoms with E-state index in [1.54, 1.807) is 6.20 Å². The minimum atomic E-state index is -0.435. The van der Waals surface area contributed by atoms with Gasteiger partial charge in [-0.2, -0.15) is 0 Å². The number of nitrogens with zero attached hydrogens (tertiary/aromatic N) is 1. The summed E-state index contributed by atoms with van der Waals surface area (Å²) < 4.78 is 6.01. The van der Waals surface area contributed by atoms with Crippen molar-refractivity contribution in [3.05, 3.63) is 30.1 Å². The summed E-state index contributed by atoms with van der Waals surface area (Å²) in [4.78, 5) is 4.12. The molecule has 3 heteroatoms. The maximum atomic E-state index is 10.7. The van der Waals surface area contributed by atoms with E-state index in [4.69, 9.17) is 4.74 Å². The lowest BCUT2D eigenvalue weighted by atomic mass is 9.85. The molecule has 0 spiro atoms. The van der Waals surface area contributed by atoms with Crippen molar-refractivity contribution in [1.29, 1.82) is 0 Å². The van der Waals surface area contributed by atoms with E-state index in [0.29, 0.717) is 13.0 Å². The molecule has 0 radical (unpaired) electrons. The molecule has 1 aromatic rings. The van der Waals surface area contributed by atoms with Crippen molar-refractivity contribution in [3.63, 3.8) is 0 Å². The van der Waals surface area contributed by atoms with E-state index < -0.39 is 6.10 Å². The van der Waals surface area contributed by atoms with Crippen molar-refractivity contribution >= 4 is 0 Å². The molecule has 1 fully saturated rings. The van der Waals surface area contributed by atoms with Crippen molar-refractivity contribution in [3.8, 4) is 0 Å². The van der Waals surface area contributed by atoms with Gasteiger partial charge in [0.25, 0.3) is 0 Å². The topological polar surface area (TPSA) is 42.4 Å². The van der Waals surface area contributed by atoms with Crippen molar-refractivity contribution in [2.75, 3.05) is 6.61 Å². The fourth-order valence-electron chi connectivity index (χ4n) is 3.12. The van der Waals surface area contributed by atoms with Gasteiger partial charge in [0.2, 0.25) is 0 Å². The lowest BCUT2D eigenvalue weighted by Gasteiger charge is -2.37.